The molecule has 2 aromatic rings. The Kier molecular flexibility index (Phi) is 5.89. The quantitative estimate of drug-likeness (QED) is 0.784. The van der Waals surface area contributed by atoms with Crippen LogP contribution in [0, 0.1) is 0 Å². The Labute approximate surface area is 128 Å². The van der Waals surface area contributed by atoms with Crippen LogP contribution in [0.4, 0.5) is 0 Å². The number of benzene rings is 2. The van der Waals surface area contributed by atoms with Crippen LogP contribution in [0.5, 0.6) is 11.5 Å². The van der Waals surface area contributed by atoms with Gasteiger partial charge in [0.05, 0.1) is 0 Å². The Morgan fingerprint density at radius 1 is 0.850 bits per heavy atom. The maximum atomic E-state index is 5.63. The van der Waals surface area contributed by atoms with Crippen LogP contribution in [0.25, 0.3) is 0 Å². The average Bonchev–Trinajstić information content (AvgIpc) is 2.47. The van der Waals surface area contributed by atoms with Crippen LogP contribution >= 0.6 is 15.9 Å². The first-order chi connectivity index (χ1) is 9.78. The standard InChI is InChI=1S/C16H18BrNO2/c1-18-12-13-2-6-15(7-3-13)19-10-11-20-16-8-4-14(17)5-9-16/h2-9,18H,10-12H2,1H3. The molecule has 4 heteroatoms. The first-order valence-corrected chi connectivity index (χ1v) is 7.32. The zero-order chi connectivity index (χ0) is 14.2. The predicted molar refractivity (Wildman–Crippen MR) is 84.3 cm³/mol. The van der Waals surface area contributed by atoms with Crippen molar-refractivity contribution in [3.8, 4) is 11.5 Å². The Balaban J connectivity index is 1.71. The molecular formula is C16H18BrNO2. The van der Waals surface area contributed by atoms with Crippen molar-refractivity contribution in [3.63, 3.8) is 0 Å². The van der Waals surface area contributed by atoms with Gasteiger partial charge in [0.1, 0.15) is 24.7 Å². The fraction of sp³-hybridized carbons (Fsp3) is 0.250. The topological polar surface area (TPSA) is 30.5 Å². The van der Waals surface area contributed by atoms with E-state index in [1.165, 1.54) is 5.56 Å². The minimum absolute atomic E-state index is 0.528. The van der Waals surface area contributed by atoms with Gasteiger partial charge >= 0.3 is 0 Å². The first-order valence-electron chi connectivity index (χ1n) is 6.52. The third kappa shape index (κ3) is 4.87. The van der Waals surface area contributed by atoms with Gasteiger partial charge in [0.15, 0.2) is 0 Å². The number of ether oxygens (including phenoxy) is 2. The highest BCUT2D eigenvalue weighted by Crippen LogP contribution is 2.16. The average molecular weight is 336 g/mol. The van der Waals surface area contributed by atoms with Gasteiger partial charge < -0.3 is 14.8 Å². The van der Waals surface area contributed by atoms with Gasteiger partial charge in [-0.1, -0.05) is 28.1 Å². The van der Waals surface area contributed by atoms with Crippen molar-refractivity contribution in [2.24, 2.45) is 0 Å². The molecule has 3 nitrogen and oxygen atoms in total. The van der Waals surface area contributed by atoms with Crippen molar-refractivity contribution < 1.29 is 9.47 Å². The fourth-order valence-electron chi connectivity index (χ4n) is 1.76. The summed E-state index contributed by atoms with van der Waals surface area (Å²) in [6, 6.07) is 15.8. The van der Waals surface area contributed by atoms with Crippen LogP contribution < -0.4 is 14.8 Å². The van der Waals surface area contributed by atoms with E-state index in [0.717, 1.165) is 22.5 Å². The summed E-state index contributed by atoms with van der Waals surface area (Å²) < 4.78 is 12.3. The van der Waals surface area contributed by atoms with E-state index in [2.05, 4.69) is 33.4 Å². The molecule has 0 unspecified atom stereocenters. The monoisotopic (exact) mass is 335 g/mol. The van der Waals surface area contributed by atoms with E-state index in [9.17, 15) is 0 Å². The molecule has 0 bridgehead atoms. The minimum Gasteiger partial charge on any atom is -0.490 e. The Morgan fingerprint density at radius 3 is 1.85 bits per heavy atom. The summed E-state index contributed by atoms with van der Waals surface area (Å²) >= 11 is 3.39. The summed E-state index contributed by atoms with van der Waals surface area (Å²) in [6.45, 7) is 1.92. The highest BCUT2D eigenvalue weighted by Gasteiger charge is 1.97. The van der Waals surface area contributed by atoms with E-state index in [-0.39, 0.29) is 0 Å². The fourth-order valence-corrected chi connectivity index (χ4v) is 2.02. The van der Waals surface area contributed by atoms with Crippen molar-refractivity contribution in [1.29, 1.82) is 0 Å². The smallest absolute Gasteiger partial charge is 0.122 e. The van der Waals surface area contributed by atoms with Gasteiger partial charge in [-0.15, -0.1) is 0 Å². The van der Waals surface area contributed by atoms with Gasteiger partial charge in [0, 0.05) is 11.0 Å². The van der Waals surface area contributed by atoms with Crippen molar-refractivity contribution in [1.82, 2.24) is 5.32 Å². The Morgan fingerprint density at radius 2 is 1.35 bits per heavy atom. The van der Waals surface area contributed by atoms with E-state index in [4.69, 9.17) is 9.47 Å². The van der Waals surface area contributed by atoms with Crippen molar-refractivity contribution >= 4 is 15.9 Å². The minimum atomic E-state index is 0.528. The second kappa shape index (κ2) is 7.92. The molecule has 0 spiro atoms. The molecule has 0 radical (unpaired) electrons. The molecule has 0 amide bonds. The largest absolute Gasteiger partial charge is 0.490 e. The summed E-state index contributed by atoms with van der Waals surface area (Å²) in [5, 5.41) is 3.11. The zero-order valence-corrected chi connectivity index (χ0v) is 13.0. The van der Waals surface area contributed by atoms with E-state index in [1.807, 2.05) is 43.4 Å². The van der Waals surface area contributed by atoms with E-state index >= 15 is 0 Å². The van der Waals surface area contributed by atoms with Gasteiger partial charge in [-0.3, -0.25) is 0 Å². The van der Waals surface area contributed by atoms with Crippen LogP contribution in [0.2, 0.25) is 0 Å². The van der Waals surface area contributed by atoms with Gasteiger partial charge in [-0.05, 0) is 49.0 Å². The molecule has 0 aliphatic heterocycles. The number of halogens is 1. The summed E-state index contributed by atoms with van der Waals surface area (Å²) in [6.07, 6.45) is 0. The molecule has 0 fully saturated rings. The molecule has 0 aromatic heterocycles. The lowest BCUT2D eigenvalue weighted by atomic mass is 10.2. The molecule has 0 aliphatic rings. The summed E-state index contributed by atoms with van der Waals surface area (Å²) in [4.78, 5) is 0. The SMILES string of the molecule is CNCc1ccc(OCCOc2ccc(Br)cc2)cc1. The van der Waals surface area contributed by atoms with Gasteiger partial charge in [-0.2, -0.15) is 0 Å². The van der Waals surface area contributed by atoms with Crippen LogP contribution in [-0.4, -0.2) is 20.3 Å². The maximum Gasteiger partial charge on any atom is 0.122 e. The van der Waals surface area contributed by atoms with Gasteiger partial charge in [0.25, 0.3) is 0 Å². The molecule has 0 aliphatic carbocycles. The normalized spacial score (nSPS) is 10.3. The molecule has 0 saturated heterocycles. The molecule has 2 rings (SSSR count). The van der Waals surface area contributed by atoms with Crippen molar-refractivity contribution in [2.75, 3.05) is 20.3 Å². The van der Waals surface area contributed by atoms with Crippen molar-refractivity contribution in [2.45, 2.75) is 6.54 Å². The summed E-state index contributed by atoms with van der Waals surface area (Å²) in [7, 11) is 1.93. The van der Waals surface area contributed by atoms with E-state index < -0.39 is 0 Å². The lowest BCUT2D eigenvalue weighted by molar-refractivity contribution is 0.217. The number of hydrogen-bond donors (Lipinski definition) is 1. The van der Waals surface area contributed by atoms with Crippen molar-refractivity contribution in [3.05, 3.63) is 58.6 Å². The van der Waals surface area contributed by atoms with E-state index in [1.54, 1.807) is 0 Å². The Hall–Kier alpha value is -1.52. The predicted octanol–water partition coefficient (Wildman–Crippen LogP) is 3.63. The lowest BCUT2D eigenvalue weighted by Crippen LogP contribution is -2.09. The summed E-state index contributed by atoms with van der Waals surface area (Å²) in [5.74, 6) is 1.71. The molecular weight excluding hydrogens is 318 g/mol. The number of nitrogens with one attached hydrogen (secondary N) is 1. The second-order valence-corrected chi connectivity index (χ2v) is 5.24. The first kappa shape index (κ1) is 14.9. The molecule has 1 N–H and O–H groups in total. The molecule has 106 valence electrons. The number of rotatable bonds is 7. The molecule has 20 heavy (non-hydrogen) atoms. The third-order valence-corrected chi connectivity index (χ3v) is 3.27. The number of hydrogen-bond acceptors (Lipinski definition) is 3. The molecule has 2 aromatic carbocycles. The molecule has 0 atom stereocenters. The van der Waals surface area contributed by atoms with Crippen LogP contribution in [0.1, 0.15) is 5.56 Å². The molecule has 0 heterocycles. The third-order valence-electron chi connectivity index (χ3n) is 2.74. The second-order valence-electron chi connectivity index (χ2n) is 4.33. The van der Waals surface area contributed by atoms with Gasteiger partial charge in [-0.25, -0.2) is 0 Å². The summed E-state index contributed by atoms with van der Waals surface area (Å²) in [5.41, 5.74) is 1.24. The lowest BCUT2D eigenvalue weighted by Gasteiger charge is -2.09. The highest BCUT2D eigenvalue weighted by atomic mass is 79.9. The highest BCUT2D eigenvalue weighted by molar-refractivity contribution is 9.10. The van der Waals surface area contributed by atoms with Crippen LogP contribution in [0.3, 0.4) is 0 Å². The Bertz CT molecular complexity index is 511. The van der Waals surface area contributed by atoms with E-state index in [0.29, 0.717) is 13.2 Å². The van der Waals surface area contributed by atoms with Gasteiger partial charge in [0.2, 0.25) is 0 Å². The molecule has 0 saturated carbocycles. The van der Waals surface area contributed by atoms with Crippen LogP contribution in [-0.2, 0) is 6.54 Å². The zero-order valence-electron chi connectivity index (χ0n) is 11.4. The maximum absolute atomic E-state index is 5.63. The van der Waals surface area contributed by atoms with Crippen LogP contribution in [0.15, 0.2) is 53.0 Å².